The molecule has 0 radical (unpaired) electrons. The first-order chi connectivity index (χ1) is 12.9. The van der Waals surface area contributed by atoms with Gasteiger partial charge in [-0.2, -0.15) is 0 Å². The van der Waals surface area contributed by atoms with Crippen molar-refractivity contribution in [3.05, 3.63) is 12.2 Å². The van der Waals surface area contributed by atoms with Crippen molar-refractivity contribution in [3.63, 3.8) is 0 Å². The Morgan fingerprint density at radius 2 is 1.19 bits per heavy atom. The number of hydrogen-bond acceptors (Lipinski definition) is 0. The lowest BCUT2D eigenvalue weighted by Gasteiger charge is -2.24. The first-order valence-corrected chi connectivity index (χ1v) is 12.5. The van der Waals surface area contributed by atoms with Gasteiger partial charge >= 0.3 is 0 Å². The van der Waals surface area contributed by atoms with E-state index in [1.807, 2.05) is 0 Å². The molecule has 0 heteroatoms. The summed E-state index contributed by atoms with van der Waals surface area (Å²) in [5.41, 5.74) is 0. The summed E-state index contributed by atoms with van der Waals surface area (Å²) in [4.78, 5) is 0. The Balaban J connectivity index is 2.35. The van der Waals surface area contributed by atoms with Crippen LogP contribution in [0.5, 0.6) is 0 Å². The van der Waals surface area contributed by atoms with E-state index in [0.717, 1.165) is 11.8 Å². The predicted octanol–water partition coefficient (Wildman–Crippen LogP) is 9.63. The van der Waals surface area contributed by atoms with Crippen molar-refractivity contribution in [2.24, 2.45) is 11.8 Å². The highest BCUT2D eigenvalue weighted by Crippen LogP contribution is 2.31. The van der Waals surface area contributed by atoms with E-state index in [-0.39, 0.29) is 0 Å². The van der Waals surface area contributed by atoms with E-state index in [1.165, 1.54) is 122 Å². The summed E-state index contributed by atoms with van der Waals surface area (Å²) < 4.78 is 0. The van der Waals surface area contributed by atoms with Crippen molar-refractivity contribution < 1.29 is 0 Å². The Labute approximate surface area is 166 Å². The van der Waals surface area contributed by atoms with Crippen molar-refractivity contribution in [2.45, 2.75) is 142 Å². The Bertz CT molecular complexity index is 303. The van der Waals surface area contributed by atoms with Crippen LogP contribution >= 0.6 is 0 Å². The van der Waals surface area contributed by atoms with Gasteiger partial charge in [-0.1, -0.05) is 122 Å². The first kappa shape index (κ1) is 23.8. The van der Waals surface area contributed by atoms with Crippen molar-refractivity contribution in [1.29, 1.82) is 0 Å². The fourth-order valence-corrected chi connectivity index (χ4v) is 4.76. The van der Waals surface area contributed by atoms with Gasteiger partial charge in [0, 0.05) is 0 Å². The zero-order chi connectivity index (χ0) is 18.7. The van der Waals surface area contributed by atoms with Gasteiger partial charge in [-0.15, -0.1) is 0 Å². The van der Waals surface area contributed by atoms with E-state index in [0.29, 0.717) is 0 Å². The van der Waals surface area contributed by atoms with Crippen LogP contribution in [0.15, 0.2) is 12.2 Å². The minimum atomic E-state index is 1.03. The first-order valence-electron chi connectivity index (χ1n) is 12.5. The molecule has 0 N–H and O–H groups in total. The average Bonchev–Trinajstić information content (AvgIpc) is 2.66. The lowest BCUT2D eigenvalue weighted by atomic mass is 9.81. The Hall–Kier alpha value is -0.260. The van der Waals surface area contributed by atoms with Crippen LogP contribution < -0.4 is 0 Å². The Kier molecular flexibility index (Phi) is 16.6. The van der Waals surface area contributed by atoms with E-state index in [4.69, 9.17) is 0 Å². The third-order valence-electron chi connectivity index (χ3n) is 6.48. The third-order valence-corrected chi connectivity index (χ3v) is 6.48. The molecule has 1 rings (SSSR count). The molecule has 0 nitrogen and oxygen atoms in total. The molecule has 0 aromatic heterocycles. The van der Waals surface area contributed by atoms with Gasteiger partial charge in [-0.3, -0.25) is 0 Å². The molecule has 0 aliphatic heterocycles. The van der Waals surface area contributed by atoms with Crippen LogP contribution in [0.4, 0.5) is 0 Å². The lowest BCUT2D eigenvalue weighted by molar-refractivity contribution is 0.285. The highest BCUT2D eigenvalue weighted by atomic mass is 14.2. The number of unbranched alkanes of at least 4 members (excludes halogenated alkanes) is 8. The zero-order valence-electron chi connectivity index (χ0n) is 18.5. The number of allylic oxidation sites excluding steroid dienone is 2. The molecule has 0 saturated heterocycles. The van der Waals surface area contributed by atoms with Crippen molar-refractivity contribution in [2.75, 3.05) is 0 Å². The summed E-state index contributed by atoms with van der Waals surface area (Å²) in [6.07, 6.45) is 34.0. The van der Waals surface area contributed by atoms with E-state index >= 15 is 0 Å². The van der Waals surface area contributed by atoms with Gasteiger partial charge in [-0.25, -0.2) is 0 Å². The molecule has 1 aliphatic rings. The maximum Gasteiger partial charge on any atom is -0.0351 e. The molecule has 0 amide bonds. The fourth-order valence-electron chi connectivity index (χ4n) is 4.76. The van der Waals surface area contributed by atoms with E-state index in [1.54, 1.807) is 6.42 Å². The van der Waals surface area contributed by atoms with Gasteiger partial charge in [0.25, 0.3) is 0 Å². The normalized spacial score (nSPS) is 20.2. The second-order valence-corrected chi connectivity index (χ2v) is 9.06. The topological polar surface area (TPSA) is 0 Å². The smallest absolute Gasteiger partial charge is 0.0351 e. The monoisotopic (exact) mass is 362 g/mol. The molecule has 26 heavy (non-hydrogen) atoms. The molecular weight excluding hydrogens is 312 g/mol. The van der Waals surface area contributed by atoms with Gasteiger partial charge in [0.15, 0.2) is 0 Å². The maximum absolute atomic E-state index is 2.45. The standard InChI is InChI=1S/C26H50/c1-3-5-7-9-13-17-21-25(20-16-8-6-4-2)24-26-22-18-14-11-10-12-15-19-23-26/h10-11,25-26H,3-9,12-24H2,1-2H3. The predicted molar refractivity (Wildman–Crippen MR) is 120 cm³/mol. The van der Waals surface area contributed by atoms with Gasteiger partial charge in [0.1, 0.15) is 0 Å². The number of hydrogen-bond donors (Lipinski definition) is 0. The summed E-state index contributed by atoms with van der Waals surface area (Å²) in [5, 5.41) is 0. The lowest BCUT2D eigenvalue weighted by Crippen LogP contribution is -2.11. The van der Waals surface area contributed by atoms with Crippen LogP contribution in [0, 0.1) is 11.8 Å². The molecule has 2 unspecified atom stereocenters. The quantitative estimate of drug-likeness (QED) is 0.213. The molecule has 0 spiro atoms. The van der Waals surface area contributed by atoms with E-state index in [9.17, 15) is 0 Å². The second kappa shape index (κ2) is 18.1. The molecule has 1 aliphatic carbocycles. The zero-order valence-corrected chi connectivity index (χ0v) is 18.5. The highest BCUT2D eigenvalue weighted by Gasteiger charge is 2.16. The fraction of sp³-hybridized carbons (Fsp3) is 0.923. The molecule has 154 valence electrons. The van der Waals surface area contributed by atoms with Crippen LogP contribution in [-0.2, 0) is 0 Å². The summed E-state index contributed by atoms with van der Waals surface area (Å²) >= 11 is 0. The largest absolute Gasteiger partial charge is 0.0885 e. The summed E-state index contributed by atoms with van der Waals surface area (Å²) in [5.74, 6) is 2.05. The van der Waals surface area contributed by atoms with Crippen molar-refractivity contribution in [1.82, 2.24) is 0 Å². The molecule has 2 atom stereocenters. The van der Waals surface area contributed by atoms with Crippen LogP contribution in [0.1, 0.15) is 142 Å². The molecular formula is C26H50. The maximum atomic E-state index is 2.45. The minimum absolute atomic E-state index is 1.03. The third kappa shape index (κ3) is 13.9. The molecule has 0 aromatic rings. The highest BCUT2D eigenvalue weighted by molar-refractivity contribution is 4.83. The van der Waals surface area contributed by atoms with Crippen LogP contribution in [0.2, 0.25) is 0 Å². The minimum Gasteiger partial charge on any atom is -0.0885 e. The summed E-state index contributed by atoms with van der Waals surface area (Å²) in [7, 11) is 0. The van der Waals surface area contributed by atoms with Gasteiger partial charge in [0.2, 0.25) is 0 Å². The molecule has 0 bridgehead atoms. The molecule has 0 heterocycles. The summed E-state index contributed by atoms with van der Waals surface area (Å²) in [6, 6.07) is 0. The van der Waals surface area contributed by atoms with Crippen molar-refractivity contribution >= 4 is 0 Å². The van der Waals surface area contributed by atoms with E-state index in [2.05, 4.69) is 26.0 Å². The van der Waals surface area contributed by atoms with Crippen LogP contribution in [-0.4, -0.2) is 0 Å². The second-order valence-electron chi connectivity index (χ2n) is 9.06. The average molecular weight is 363 g/mol. The van der Waals surface area contributed by atoms with Crippen molar-refractivity contribution in [3.8, 4) is 0 Å². The SMILES string of the molecule is CCCCCCCCC(CCCCCC)CC1CCCC=CCCCC1. The van der Waals surface area contributed by atoms with E-state index < -0.39 is 0 Å². The van der Waals surface area contributed by atoms with Gasteiger partial charge in [-0.05, 0) is 43.9 Å². The number of rotatable bonds is 14. The molecule has 0 aromatic carbocycles. The molecule has 0 fully saturated rings. The Morgan fingerprint density at radius 1 is 0.654 bits per heavy atom. The van der Waals surface area contributed by atoms with Crippen LogP contribution in [0.3, 0.4) is 0 Å². The Morgan fingerprint density at radius 3 is 1.88 bits per heavy atom. The molecule has 0 saturated carbocycles. The van der Waals surface area contributed by atoms with Gasteiger partial charge < -0.3 is 0 Å². The van der Waals surface area contributed by atoms with Gasteiger partial charge in [0.05, 0.1) is 0 Å². The van der Waals surface area contributed by atoms with Crippen LogP contribution in [0.25, 0.3) is 0 Å². The summed E-state index contributed by atoms with van der Waals surface area (Å²) in [6.45, 7) is 4.66.